The number of hydrogen-bond donors (Lipinski definition) is 1. The van der Waals surface area contributed by atoms with E-state index in [2.05, 4.69) is 23.5 Å². The lowest BCUT2D eigenvalue weighted by molar-refractivity contribution is 0.0600. The van der Waals surface area contributed by atoms with Gasteiger partial charge in [0.15, 0.2) is 0 Å². The van der Waals surface area contributed by atoms with E-state index >= 15 is 0 Å². The van der Waals surface area contributed by atoms with Crippen LogP contribution < -0.4 is 0 Å². The summed E-state index contributed by atoms with van der Waals surface area (Å²) in [5.41, 5.74) is 1.37. The molecule has 4 nitrogen and oxygen atoms in total. The predicted molar refractivity (Wildman–Crippen MR) is 81.4 cm³/mol. The maximum absolute atomic E-state index is 11.3. The molecule has 1 N–H and O–H groups in total. The Morgan fingerprint density at radius 3 is 2.05 bits per heavy atom. The number of nitrogens with one attached hydrogen (secondary N) is 1. The van der Waals surface area contributed by atoms with Gasteiger partial charge in [-0.05, 0) is 25.0 Å². The summed E-state index contributed by atoms with van der Waals surface area (Å²) in [5, 5.41) is 8.06. The van der Waals surface area contributed by atoms with E-state index in [4.69, 9.17) is 5.41 Å². The van der Waals surface area contributed by atoms with Crippen LogP contribution in [0.1, 0.15) is 49.0 Å². The molecule has 1 aliphatic heterocycles. The van der Waals surface area contributed by atoms with Crippen LogP contribution in [0.2, 0.25) is 0 Å². The summed E-state index contributed by atoms with van der Waals surface area (Å²) in [6, 6.07) is 7.00. The van der Waals surface area contributed by atoms with Crippen LogP contribution in [0.15, 0.2) is 24.3 Å². The highest BCUT2D eigenvalue weighted by Gasteiger charge is 2.16. The van der Waals surface area contributed by atoms with Crippen molar-refractivity contribution in [3.63, 3.8) is 0 Å². The van der Waals surface area contributed by atoms with Crippen molar-refractivity contribution < 1.29 is 9.53 Å². The number of ether oxygens (including phenoxy) is 1. The number of carbonyl (C=O) groups is 1. The Kier molecular flexibility index (Phi) is 6.77. The Bertz CT molecular complexity index is 434. The molecule has 0 aromatic heterocycles. The lowest BCUT2D eigenvalue weighted by Gasteiger charge is -2.18. The Balaban J connectivity index is 0.000000612. The Labute approximate surface area is 121 Å². The molecule has 1 aromatic rings. The van der Waals surface area contributed by atoms with Crippen molar-refractivity contribution in [2.45, 2.75) is 33.1 Å². The van der Waals surface area contributed by atoms with E-state index in [0.29, 0.717) is 11.4 Å². The topological polar surface area (TPSA) is 53.4 Å². The average molecular weight is 276 g/mol. The van der Waals surface area contributed by atoms with Gasteiger partial charge in [0.1, 0.15) is 5.84 Å². The minimum absolute atomic E-state index is 0.343. The number of benzene rings is 1. The smallest absolute Gasteiger partial charge is 0.337 e. The third kappa shape index (κ3) is 4.37. The molecule has 0 unspecified atom stereocenters. The average Bonchev–Trinajstić information content (AvgIpc) is 3.01. The molecule has 1 saturated heterocycles. The number of carbonyl (C=O) groups excluding carboxylic acids is 1. The third-order valence-corrected chi connectivity index (χ3v) is 3.00. The second-order valence-corrected chi connectivity index (χ2v) is 4.82. The molecule has 4 heteroatoms. The standard InChI is InChI=1S/C13H16N2O2.C3H8/c1-17-13(16)11-6-4-10(5-7-11)12(14)15-8-2-3-9-15;1-3-2/h4-7,14H,2-3,8-9H2,1H3;3H2,1-2H3. The molecular formula is C16H24N2O2. The molecule has 0 radical (unpaired) electrons. The van der Waals surface area contributed by atoms with Crippen LogP contribution in [-0.4, -0.2) is 36.9 Å². The zero-order chi connectivity index (χ0) is 15.0. The van der Waals surface area contributed by atoms with Gasteiger partial charge < -0.3 is 9.64 Å². The van der Waals surface area contributed by atoms with Gasteiger partial charge in [-0.25, -0.2) is 4.79 Å². The quantitative estimate of drug-likeness (QED) is 0.512. The van der Waals surface area contributed by atoms with E-state index in [-0.39, 0.29) is 5.97 Å². The first kappa shape index (κ1) is 16.2. The van der Waals surface area contributed by atoms with E-state index in [1.807, 2.05) is 0 Å². The molecular weight excluding hydrogens is 252 g/mol. The zero-order valence-electron chi connectivity index (χ0n) is 12.6. The number of methoxy groups -OCH3 is 1. The molecule has 20 heavy (non-hydrogen) atoms. The Morgan fingerprint density at radius 1 is 1.15 bits per heavy atom. The summed E-state index contributed by atoms with van der Waals surface area (Å²) >= 11 is 0. The van der Waals surface area contributed by atoms with Crippen molar-refractivity contribution in [2.75, 3.05) is 20.2 Å². The molecule has 0 saturated carbocycles. The maximum Gasteiger partial charge on any atom is 0.337 e. The van der Waals surface area contributed by atoms with Crippen LogP contribution >= 0.6 is 0 Å². The SMILES string of the molecule is CCC.COC(=O)c1ccc(C(=N)N2CCCC2)cc1. The lowest BCUT2D eigenvalue weighted by atomic mass is 10.1. The van der Waals surface area contributed by atoms with Gasteiger partial charge in [0, 0.05) is 18.7 Å². The highest BCUT2D eigenvalue weighted by Crippen LogP contribution is 2.13. The van der Waals surface area contributed by atoms with Crippen molar-refractivity contribution in [1.29, 1.82) is 5.41 Å². The molecule has 1 fully saturated rings. The lowest BCUT2D eigenvalue weighted by Crippen LogP contribution is -2.27. The Morgan fingerprint density at radius 2 is 1.60 bits per heavy atom. The number of esters is 1. The molecule has 1 aromatic carbocycles. The number of amidine groups is 1. The van der Waals surface area contributed by atoms with Crippen molar-refractivity contribution in [3.05, 3.63) is 35.4 Å². The minimum Gasteiger partial charge on any atom is -0.465 e. The highest BCUT2D eigenvalue weighted by atomic mass is 16.5. The van der Waals surface area contributed by atoms with Crippen molar-refractivity contribution in [2.24, 2.45) is 0 Å². The summed E-state index contributed by atoms with van der Waals surface area (Å²) in [4.78, 5) is 13.3. The summed E-state index contributed by atoms with van der Waals surface area (Å²) in [5.74, 6) is 0.197. The van der Waals surface area contributed by atoms with Gasteiger partial charge in [-0.2, -0.15) is 0 Å². The maximum atomic E-state index is 11.3. The van der Waals surface area contributed by atoms with Gasteiger partial charge >= 0.3 is 5.97 Å². The molecule has 0 aliphatic carbocycles. The second kappa shape index (κ2) is 8.35. The fourth-order valence-electron chi connectivity index (χ4n) is 2.01. The molecule has 0 spiro atoms. The zero-order valence-corrected chi connectivity index (χ0v) is 12.6. The number of likely N-dealkylation sites (tertiary alicyclic amines) is 1. The first-order chi connectivity index (χ1) is 9.63. The normalized spacial score (nSPS) is 13.4. The van der Waals surface area contributed by atoms with E-state index in [1.165, 1.54) is 13.5 Å². The van der Waals surface area contributed by atoms with Gasteiger partial charge in [0.2, 0.25) is 0 Å². The van der Waals surface area contributed by atoms with E-state index in [1.54, 1.807) is 24.3 Å². The number of nitrogens with zero attached hydrogens (tertiary/aromatic N) is 1. The number of rotatable bonds is 2. The van der Waals surface area contributed by atoms with Crippen LogP contribution in [-0.2, 0) is 4.74 Å². The monoisotopic (exact) mass is 276 g/mol. The van der Waals surface area contributed by atoms with Gasteiger partial charge in [-0.15, -0.1) is 0 Å². The van der Waals surface area contributed by atoms with Gasteiger partial charge in [0.05, 0.1) is 12.7 Å². The van der Waals surface area contributed by atoms with Gasteiger partial charge in [0.25, 0.3) is 0 Å². The molecule has 110 valence electrons. The van der Waals surface area contributed by atoms with E-state index < -0.39 is 0 Å². The second-order valence-electron chi connectivity index (χ2n) is 4.82. The first-order valence-corrected chi connectivity index (χ1v) is 7.16. The first-order valence-electron chi connectivity index (χ1n) is 7.16. The molecule has 1 heterocycles. The fourth-order valence-corrected chi connectivity index (χ4v) is 2.01. The molecule has 0 atom stereocenters. The van der Waals surface area contributed by atoms with Crippen molar-refractivity contribution >= 4 is 11.8 Å². The van der Waals surface area contributed by atoms with Crippen LogP contribution in [0.5, 0.6) is 0 Å². The fraction of sp³-hybridized carbons (Fsp3) is 0.500. The van der Waals surface area contributed by atoms with Crippen molar-refractivity contribution in [1.82, 2.24) is 4.90 Å². The van der Waals surface area contributed by atoms with Crippen LogP contribution in [0.3, 0.4) is 0 Å². The van der Waals surface area contributed by atoms with Gasteiger partial charge in [-0.3, -0.25) is 5.41 Å². The molecule has 0 amide bonds. The van der Waals surface area contributed by atoms with Gasteiger partial charge in [-0.1, -0.05) is 32.4 Å². The van der Waals surface area contributed by atoms with Crippen LogP contribution in [0.25, 0.3) is 0 Å². The van der Waals surface area contributed by atoms with Crippen LogP contribution in [0, 0.1) is 5.41 Å². The predicted octanol–water partition coefficient (Wildman–Crippen LogP) is 3.31. The van der Waals surface area contributed by atoms with Crippen molar-refractivity contribution in [3.8, 4) is 0 Å². The van der Waals surface area contributed by atoms with E-state index in [0.717, 1.165) is 31.5 Å². The molecule has 0 bridgehead atoms. The van der Waals surface area contributed by atoms with Crippen LogP contribution in [0.4, 0.5) is 0 Å². The number of hydrogen-bond acceptors (Lipinski definition) is 3. The Hall–Kier alpha value is -1.84. The summed E-state index contributed by atoms with van der Waals surface area (Å²) < 4.78 is 4.63. The molecule has 2 rings (SSSR count). The minimum atomic E-state index is -0.343. The summed E-state index contributed by atoms with van der Waals surface area (Å²) in [7, 11) is 1.36. The largest absolute Gasteiger partial charge is 0.465 e. The summed E-state index contributed by atoms with van der Waals surface area (Å²) in [6.45, 7) is 6.16. The summed E-state index contributed by atoms with van der Waals surface area (Å²) in [6.07, 6.45) is 3.56. The molecule has 1 aliphatic rings. The highest BCUT2D eigenvalue weighted by molar-refractivity contribution is 5.97. The van der Waals surface area contributed by atoms with E-state index in [9.17, 15) is 4.79 Å². The third-order valence-electron chi connectivity index (χ3n) is 3.00.